The summed E-state index contributed by atoms with van der Waals surface area (Å²) in [6, 6.07) is 0. The molecular weight excluding hydrogens is 208 g/mol. The summed E-state index contributed by atoms with van der Waals surface area (Å²) in [5, 5.41) is 8.87. The number of carbonyl (C=O) groups is 1. The third-order valence-electron chi connectivity index (χ3n) is 3.02. The Morgan fingerprint density at radius 3 is 2.75 bits per heavy atom. The minimum atomic E-state index is -0.357. The van der Waals surface area contributed by atoms with Gasteiger partial charge in [-0.1, -0.05) is 0 Å². The van der Waals surface area contributed by atoms with Crippen LogP contribution in [0, 0.1) is 0 Å². The summed E-state index contributed by atoms with van der Waals surface area (Å²) >= 11 is 0. The van der Waals surface area contributed by atoms with Crippen molar-refractivity contribution in [1.82, 2.24) is 9.80 Å². The van der Waals surface area contributed by atoms with Crippen LogP contribution < -0.4 is 0 Å². The molecule has 1 atom stereocenters. The highest BCUT2D eigenvalue weighted by atomic mass is 16.5. The van der Waals surface area contributed by atoms with E-state index in [1.54, 1.807) is 14.0 Å². The van der Waals surface area contributed by atoms with Gasteiger partial charge in [0, 0.05) is 33.3 Å². The van der Waals surface area contributed by atoms with Crippen molar-refractivity contribution in [1.29, 1.82) is 0 Å². The van der Waals surface area contributed by atoms with Gasteiger partial charge in [-0.2, -0.15) is 0 Å². The zero-order chi connectivity index (χ0) is 12.0. The predicted molar refractivity (Wildman–Crippen MR) is 61.2 cm³/mol. The van der Waals surface area contributed by atoms with Gasteiger partial charge in [-0.15, -0.1) is 0 Å². The van der Waals surface area contributed by atoms with Gasteiger partial charge in [0.25, 0.3) is 5.91 Å². The quantitative estimate of drug-likeness (QED) is 0.710. The third-order valence-corrected chi connectivity index (χ3v) is 3.02. The van der Waals surface area contributed by atoms with E-state index >= 15 is 0 Å². The predicted octanol–water partition coefficient (Wildman–Crippen LogP) is -0.452. The summed E-state index contributed by atoms with van der Waals surface area (Å²) in [6.07, 6.45) is 0.603. The van der Waals surface area contributed by atoms with Crippen molar-refractivity contribution >= 4 is 5.91 Å². The van der Waals surface area contributed by atoms with Gasteiger partial charge >= 0.3 is 0 Å². The van der Waals surface area contributed by atoms with Crippen molar-refractivity contribution in [2.75, 3.05) is 46.4 Å². The van der Waals surface area contributed by atoms with Crippen LogP contribution in [-0.4, -0.2) is 73.4 Å². The molecule has 0 aromatic rings. The number of ether oxygens (including phenoxy) is 1. The van der Waals surface area contributed by atoms with E-state index in [0.29, 0.717) is 6.54 Å². The second-order valence-electron chi connectivity index (χ2n) is 4.12. The zero-order valence-electron chi connectivity index (χ0n) is 10.2. The molecule has 1 saturated heterocycles. The molecule has 0 radical (unpaired) electrons. The molecule has 1 N–H and O–H groups in total. The van der Waals surface area contributed by atoms with Gasteiger partial charge < -0.3 is 14.7 Å². The lowest BCUT2D eigenvalue weighted by molar-refractivity contribution is -0.140. The number of rotatable bonds is 4. The molecule has 0 aromatic carbocycles. The molecule has 1 rings (SSSR count). The van der Waals surface area contributed by atoms with Crippen molar-refractivity contribution in [2.45, 2.75) is 19.4 Å². The Kier molecular flexibility index (Phi) is 5.73. The smallest absolute Gasteiger partial charge is 0.251 e. The molecule has 1 heterocycles. The minimum absolute atomic E-state index is 0.0633. The number of aliphatic hydroxyl groups excluding tert-OH is 1. The minimum Gasteiger partial charge on any atom is -0.395 e. The number of aliphatic hydroxyl groups is 1. The van der Waals surface area contributed by atoms with Gasteiger partial charge in [0.15, 0.2) is 0 Å². The summed E-state index contributed by atoms with van der Waals surface area (Å²) < 4.78 is 5.04. The summed E-state index contributed by atoms with van der Waals surface area (Å²) in [6.45, 7) is 5.96. The maximum absolute atomic E-state index is 11.9. The van der Waals surface area contributed by atoms with Crippen molar-refractivity contribution in [3.8, 4) is 0 Å². The first-order valence-electron chi connectivity index (χ1n) is 5.84. The summed E-state index contributed by atoms with van der Waals surface area (Å²) in [5.74, 6) is 0.0633. The Morgan fingerprint density at radius 2 is 2.12 bits per heavy atom. The standard InChI is InChI=1S/C11H22N2O3/c1-10(16-2)11(15)13-5-3-4-12(6-7-13)8-9-14/h10,14H,3-9H2,1-2H3. The molecule has 94 valence electrons. The largest absolute Gasteiger partial charge is 0.395 e. The van der Waals surface area contributed by atoms with Gasteiger partial charge in [0.2, 0.25) is 0 Å². The number of nitrogens with zero attached hydrogens (tertiary/aromatic N) is 2. The fraction of sp³-hybridized carbons (Fsp3) is 0.909. The molecule has 0 bridgehead atoms. The molecule has 1 amide bonds. The first-order valence-corrected chi connectivity index (χ1v) is 5.84. The van der Waals surface area contributed by atoms with Crippen LogP contribution in [0.25, 0.3) is 0 Å². The van der Waals surface area contributed by atoms with Crippen LogP contribution in [0.1, 0.15) is 13.3 Å². The van der Waals surface area contributed by atoms with Gasteiger partial charge in [-0.25, -0.2) is 0 Å². The molecule has 0 saturated carbocycles. The van der Waals surface area contributed by atoms with Crippen LogP contribution in [0.2, 0.25) is 0 Å². The lowest BCUT2D eigenvalue weighted by Crippen LogP contribution is -2.41. The molecule has 5 nitrogen and oxygen atoms in total. The molecule has 0 aliphatic carbocycles. The highest BCUT2D eigenvalue weighted by molar-refractivity contribution is 5.80. The summed E-state index contributed by atoms with van der Waals surface area (Å²) in [5.41, 5.74) is 0. The lowest BCUT2D eigenvalue weighted by Gasteiger charge is -2.23. The molecule has 1 aliphatic heterocycles. The average molecular weight is 230 g/mol. The number of carbonyl (C=O) groups excluding carboxylic acids is 1. The fourth-order valence-electron chi connectivity index (χ4n) is 1.91. The molecule has 0 spiro atoms. The molecule has 16 heavy (non-hydrogen) atoms. The van der Waals surface area contributed by atoms with Crippen molar-refractivity contribution < 1.29 is 14.6 Å². The van der Waals surface area contributed by atoms with Crippen LogP contribution >= 0.6 is 0 Å². The fourth-order valence-corrected chi connectivity index (χ4v) is 1.91. The van der Waals surface area contributed by atoms with Crippen molar-refractivity contribution in [2.24, 2.45) is 0 Å². The topological polar surface area (TPSA) is 53.0 Å². The van der Waals surface area contributed by atoms with Crippen LogP contribution in [0.5, 0.6) is 0 Å². The third kappa shape index (κ3) is 3.73. The van der Waals surface area contributed by atoms with E-state index in [0.717, 1.165) is 32.6 Å². The Balaban J connectivity index is 2.43. The van der Waals surface area contributed by atoms with Gasteiger partial charge in [0.1, 0.15) is 6.10 Å². The van der Waals surface area contributed by atoms with E-state index in [1.165, 1.54) is 0 Å². The molecule has 1 unspecified atom stereocenters. The first kappa shape index (κ1) is 13.4. The molecule has 0 aromatic heterocycles. The van der Waals surface area contributed by atoms with Gasteiger partial charge in [-0.05, 0) is 19.9 Å². The van der Waals surface area contributed by atoms with Gasteiger partial charge in [-0.3, -0.25) is 9.69 Å². The number of β-amino-alcohol motifs (C(OH)–C–C–N with tert-alkyl or cyclic N) is 1. The molecular formula is C11H22N2O3. The highest BCUT2D eigenvalue weighted by Gasteiger charge is 2.22. The van der Waals surface area contributed by atoms with Crippen LogP contribution in [-0.2, 0) is 9.53 Å². The maximum Gasteiger partial charge on any atom is 0.251 e. The second kappa shape index (κ2) is 6.83. The number of amides is 1. The Morgan fingerprint density at radius 1 is 1.38 bits per heavy atom. The summed E-state index contributed by atoms with van der Waals surface area (Å²) in [4.78, 5) is 15.9. The Bertz CT molecular complexity index is 223. The van der Waals surface area contributed by atoms with E-state index in [4.69, 9.17) is 9.84 Å². The molecule has 5 heteroatoms. The van der Waals surface area contributed by atoms with E-state index in [2.05, 4.69) is 4.90 Å². The molecule has 1 aliphatic rings. The van der Waals surface area contributed by atoms with E-state index in [-0.39, 0.29) is 18.6 Å². The van der Waals surface area contributed by atoms with Crippen LogP contribution in [0.3, 0.4) is 0 Å². The number of hydrogen-bond acceptors (Lipinski definition) is 4. The highest BCUT2D eigenvalue weighted by Crippen LogP contribution is 2.05. The van der Waals surface area contributed by atoms with Crippen LogP contribution in [0.4, 0.5) is 0 Å². The second-order valence-corrected chi connectivity index (χ2v) is 4.12. The molecule has 1 fully saturated rings. The first-order chi connectivity index (χ1) is 7.69. The van der Waals surface area contributed by atoms with E-state index in [9.17, 15) is 4.79 Å². The lowest BCUT2D eigenvalue weighted by atomic mass is 10.3. The number of methoxy groups -OCH3 is 1. The monoisotopic (exact) mass is 230 g/mol. The van der Waals surface area contributed by atoms with Crippen molar-refractivity contribution in [3.63, 3.8) is 0 Å². The van der Waals surface area contributed by atoms with Crippen LogP contribution in [0.15, 0.2) is 0 Å². The average Bonchev–Trinajstić information content (AvgIpc) is 2.53. The summed E-state index contributed by atoms with van der Waals surface area (Å²) in [7, 11) is 1.55. The normalized spacial score (nSPS) is 20.6. The number of hydrogen-bond donors (Lipinski definition) is 1. The zero-order valence-corrected chi connectivity index (χ0v) is 10.2. The SMILES string of the molecule is COC(C)C(=O)N1CCCN(CCO)CC1. The van der Waals surface area contributed by atoms with E-state index < -0.39 is 0 Å². The Labute approximate surface area is 97.0 Å². The van der Waals surface area contributed by atoms with Crippen molar-refractivity contribution in [3.05, 3.63) is 0 Å². The maximum atomic E-state index is 11.9. The van der Waals surface area contributed by atoms with E-state index in [1.807, 2.05) is 4.90 Å². The Hall–Kier alpha value is -0.650. The van der Waals surface area contributed by atoms with Gasteiger partial charge in [0.05, 0.1) is 6.61 Å².